The van der Waals surface area contributed by atoms with Gasteiger partial charge in [-0.1, -0.05) is 18.2 Å². The molecule has 2 aromatic rings. The summed E-state index contributed by atoms with van der Waals surface area (Å²) >= 11 is 0. The van der Waals surface area contributed by atoms with E-state index in [-0.39, 0.29) is 0 Å². The second-order valence-corrected chi connectivity index (χ2v) is 5.26. The van der Waals surface area contributed by atoms with Crippen molar-refractivity contribution >= 4 is 11.4 Å². The number of hydrogen-bond donors (Lipinski definition) is 1. The highest BCUT2D eigenvalue weighted by atomic mass is 15.3. The van der Waals surface area contributed by atoms with Crippen LogP contribution in [0.2, 0.25) is 0 Å². The lowest BCUT2D eigenvalue weighted by atomic mass is 10.1. The topological polar surface area (TPSA) is 33.1 Å². The Kier molecular flexibility index (Phi) is 3.90. The van der Waals surface area contributed by atoms with Gasteiger partial charge in [-0.05, 0) is 31.4 Å². The summed E-state index contributed by atoms with van der Waals surface area (Å²) in [5, 5.41) is 7.76. The summed E-state index contributed by atoms with van der Waals surface area (Å²) in [6.07, 6.45) is 6.57. The van der Waals surface area contributed by atoms with Crippen molar-refractivity contribution in [3.05, 3.63) is 42.2 Å². The van der Waals surface area contributed by atoms with Crippen molar-refractivity contribution in [2.45, 2.75) is 32.9 Å². The van der Waals surface area contributed by atoms with Crippen molar-refractivity contribution < 1.29 is 0 Å². The van der Waals surface area contributed by atoms with Crippen LogP contribution in [0.4, 0.5) is 11.4 Å². The molecule has 4 heteroatoms. The zero-order valence-corrected chi connectivity index (χ0v) is 12.0. The summed E-state index contributed by atoms with van der Waals surface area (Å²) in [5.41, 5.74) is 3.82. The average molecular weight is 270 g/mol. The van der Waals surface area contributed by atoms with E-state index in [2.05, 4.69) is 52.7 Å². The van der Waals surface area contributed by atoms with E-state index in [4.69, 9.17) is 0 Å². The summed E-state index contributed by atoms with van der Waals surface area (Å²) < 4.78 is 1.94. The Morgan fingerprint density at radius 2 is 2.00 bits per heavy atom. The van der Waals surface area contributed by atoms with Gasteiger partial charge in [-0.25, -0.2) is 0 Å². The van der Waals surface area contributed by atoms with Crippen LogP contribution in [0.25, 0.3) is 0 Å². The number of benzene rings is 1. The van der Waals surface area contributed by atoms with Crippen molar-refractivity contribution in [3.63, 3.8) is 0 Å². The third-order valence-electron chi connectivity index (χ3n) is 3.88. The largest absolute Gasteiger partial charge is 0.378 e. The zero-order valence-electron chi connectivity index (χ0n) is 12.0. The van der Waals surface area contributed by atoms with Gasteiger partial charge in [0.1, 0.15) is 0 Å². The van der Waals surface area contributed by atoms with Crippen LogP contribution in [-0.2, 0) is 13.1 Å². The molecule has 1 aromatic heterocycles. The van der Waals surface area contributed by atoms with Crippen LogP contribution >= 0.6 is 0 Å². The third-order valence-corrected chi connectivity index (χ3v) is 3.88. The smallest absolute Gasteiger partial charge is 0.0729 e. The van der Waals surface area contributed by atoms with Crippen LogP contribution in [0.3, 0.4) is 0 Å². The van der Waals surface area contributed by atoms with E-state index in [0.29, 0.717) is 0 Å². The van der Waals surface area contributed by atoms with Crippen molar-refractivity contribution in [2.75, 3.05) is 23.3 Å². The fourth-order valence-electron chi connectivity index (χ4n) is 2.75. The standard InChI is InChI=1S/C16H22N4/c1-2-20-13-15(12-18-20)17-11-14-7-3-4-8-16(14)19-9-5-6-10-19/h3-4,7-8,12-13,17H,2,5-6,9-11H2,1H3. The minimum Gasteiger partial charge on any atom is -0.378 e. The molecule has 3 rings (SSSR count). The zero-order chi connectivity index (χ0) is 13.8. The molecule has 0 atom stereocenters. The molecule has 0 unspecified atom stereocenters. The third kappa shape index (κ3) is 2.79. The minimum absolute atomic E-state index is 0.849. The maximum Gasteiger partial charge on any atom is 0.0729 e. The van der Waals surface area contributed by atoms with Crippen LogP contribution in [0.15, 0.2) is 36.7 Å². The van der Waals surface area contributed by atoms with Gasteiger partial charge in [0.25, 0.3) is 0 Å². The van der Waals surface area contributed by atoms with Crippen LogP contribution < -0.4 is 10.2 Å². The lowest BCUT2D eigenvalue weighted by Gasteiger charge is -2.21. The molecule has 1 saturated heterocycles. The molecule has 1 N–H and O–H groups in total. The van der Waals surface area contributed by atoms with Crippen molar-refractivity contribution in [2.24, 2.45) is 0 Å². The van der Waals surface area contributed by atoms with E-state index in [1.165, 1.54) is 37.2 Å². The first-order valence-electron chi connectivity index (χ1n) is 7.46. The van der Waals surface area contributed by atoms with E-state index < -0.39 is 0 Å². The summed E-state index contributed by atoms with van der Waals surface area (Å²) in [6.45, 7) is 6.23. The Labute approximate surface area is 120 Å². The van der Waals surface area contributed by atoms with Gasteiger partial charge in [0.05, 0.1) is 11.9 Å². The van der Waals surface area contributed by atoms with Crippen LogP contribution in [0.5, 0.6) is 0 Å². The SMILES string of the molecule is CCn1cc(NCc2ccccc2N2CCCC2)cn1. The highest BCUT2D eigenvalue weighted by Gasteiger charge is 2.15. The van der Waals surface area contributed by atoms with Gasteiger partial charge in [-0.2, -0.15) is 5.10 Å². The van der Waals surface area contributed by atoms with E-state index in [1.54, 1.807) is 0 Å². The fourth-order valence-corrected chi connectivity index (χ4v) is 2.75. The van der Waals surface area contributed by atoms with Crippen LogP contribution in [0.1, 0.15) is 25.3 Å². The summed E-state index contributed by atoms with van der Waals surface area (Å²) in [5.74, 6) is 0. The van der Waals surface area contributed by atoms with Crippen molar-refractivity contribution in [1.82, 2.24) is 9.78 Å². The lowest BCUT2D eigenvalue weighted by Crippen LogP contribution is -2.19. The Morgan fingerprint density at radius 1 is 1.20 bits per heavy atom. The Balaban J connectivity index is 1.70. The number of rotatable bonds is 5. The van der Waals surface area contributed by atoms with E-state index >= 15 is 0 Å². The molecule has 0 saturated carbocycles. The number of nitrogens with zero attached hydrogens (tertiary/aromatic N) is 3. The number of aromatic nitrogens is 2. The molecule has 0 radical (unpaired) electrons. The molecule has 2 heterocycles. The Hall–Kier alpha value is -1.97. The minimum atomic E-state index is 0.849. The molecular formula is C16H22N4. The molecule has 106 valence electrons. The fraction of sp³-hybridized carbons (Fsp3) is 0.438. The van der Waals surface area contributed by atoms with Gasteiger partial charge in [0, 0.05) is 38.1 Å². The summed E-state index contributed by atoms with van der Waals surface area (Å²) in [4.78, 5) is 2.49. The second-order valence-electron chi connectivity index (χ2n) is 5.26. The molecular weight excluding hydrogens is 248 g/mol. The highest BCUT2D eigenvalue weighted by molar-refractivity contribution is 5.55. The number of aryl methyl sites for hydroxylation is 1. The number of hydrogen-bond acceptors (Lipinski definition) is 3. The first-order chi connectivity index (χ1) is 9.86. The summed E-state index contributed by atoms with van der Waals surface area (Å²) in [6, 6.07) is 8.70. The molecule has 0 aliphatic carbocycles. The first-order valence-corrected chi connectivity index (χ1v) is 7.46. The van der Waals surface area contributed by atoms with Crippen molar-refractivity contribution in [1.29, 1.82) is 0 Å². The number of nitrogens with one attached hydrogen (secondary N) is 1. The normalized spacial score (nSPS) is 14.8. The van der Waals surface area contributed by atoms with E-state index in [0.717, 1.165) is 18.8 Å². The lowest BCUT2D eigenvalue weighted by molar-refractivity contribution is 0.660. The molecule has 1 aliphatic heterocycles. The maximum absolute atomic E-state index is 4.29. The monoisotopic (exact) mass is 270 g/mol. The molecule has 20 heavy (non-hydrogen) atoms. The average Bonchev–Trinajstić information content (AvgIpc) is 3.17. The first kappa shape index (κ1) is 13.0. The molecule has 0 spiro atoms. The van der Waals surface area contributed by atoms with E-state index in [1.807, 2.05) is 10.9 Å². The predicted octanol–water partition coefficient (Wildman–Crippen LogP) is 3.12. The quantitative estimate of drug-likeness (QED) is 0.906. The molecule has 4 nitrogen and oxygen atoms in total. The van der Waals surface area contributed by atoms with Crippen LogP contribution in [-0.4, -0.2) is 22.9 Å². The van der Waals surface area contributed by atoms with Gasteiger partial charge in [0.15, 0.2) is 0 Å². The molecule has 0 bridgehead atoms. The molecule has 0 amide bonds. The number of para-hydroxylation sites is 1. The maximum atomic E-state index is 4.29. The van der Waals surface area contributed by atoms with Gasteiger partial charge >= 0.3 is 0 Å². The predicted molar refractivity (Wildman–Crippen MR) is 83.1 cm³/mol. The van der Waals surface area contributed by atoms with Gasteiger partial charge < -0.3 is 10.2 Å². The number of anilines is 2. The van der Waals surface area contributed by atoms with Crippen molar-refractivity contribution in [3.8, 4) is 0 Å². The Bertz CT molecular complexity index is 555. The summed E-state index contributed by atoms with van der Waals surface area (Å²) in [7, 11) is 0. The van der Waals surface area contributed by atoms with Gasteiger partial charge in [-0.3, -0.25) is 4.68 Å². The molecule has 1 aliphatic rings. The molecule has 1 fully saturated rings. The molecule has 1 aromatic carbocycles. The highest BCUT2D eigenvalue weighted by Crippen LogP contribution is 2.25. The van der Waals surface area contributed by atoms with Gasteiger partial charge in [-0.15, -0.1) is 0 Å². The second kappa shape index (κ2) is 5.99. The van der Waals surface area contributed by atoms with Crippen LogP contribution in [0, 0.1) is 0 Å². The van der Waals surface area contributed by atoms with Gasteiger partial charge in [0.2, 0.25) is 0 Å². The van der Waals surface area contributed by atoms with E-state index in [9.17, 15) is 0 Å². The Morgan fingerprint density at radius 3 is 2.75 bits per heavy atom.